The Balaban J connectivity index is 0.00000337. The zero-order valence-corrected chi connectivity index (χ0v) is 22.9. The van der Waals surface area contributed by atoms with E-state index in [0.717, 1.165) is 28.5 Å². The molecule has 4 heterocycles. The van der Waals surface area contributed by atoms with Crippen molar-refractivity contribution in [1.82, 2.24) is 24.6 Å². The van der Waals surface area contributed by atoms with Crippen LogP contribution in [0.3, 0.4) is 0 Å². The van der Waals surface area contributed by atoms with E-state index in [2.05, 4.69) is 22.3 Å². The molecule has 6 rings (SSSR count). The molecule has 0 radical (unpaired) electrons. The van der Waals surface area contributed by atoms with Gasteiger partial charge in [-0.3, -0.25) is 14.3 Å². The van der Waals surface area contributed by atoms with Crippen molar-refractivity contribution in [2.45, 2.75) is 62.8 Å². The molecule has 3 aromatic rings. The van der Waals surface area contributed by atoms with E-state index in [-0.39, 0.29) is 72.9 Å². The molecule has 14 heteroatoms. The Bertz CT molecular complexity index is 1500. The van der Waals surface area contributed by atoms with E-state index in [1.54, 1.807) is 23.2 Å². The van der Waals surface area contributed by atoms with Crippen LogP contribution in [0.5, 0.6) is 0 Å². The smallest absolute Gasteiger partial charge is 0.365 e. The third-order valence-electron chi connectivity index (χ3n) is 8.03. The molecule has 1 aliphatic carbocycles. The summed E-state index contributed by atoms with van der Waals surface area (Å²) < 4.78 is 70.4. The van der Waals surface area contributed by atoms with Gasteiger partial charge >= 0.3 is 6.18 Å². The van der Waals surface area contributed by atoms with Crippen molar-refractivity contribution in [3.63, 3.8) is 0 Å². The van der Waals surface area contributed by atoms with Gasteiger partial charge in [-0.25, -0.2) is 13.8 Å². The van der Waals surface area contributed by atoms with Gasteiger partial charge in [0.2, 0.25) is 5.91 Å². The van der Waals surface area contributed by atoms with Gasteiger partial charge < -0.3 is 15.1 Å². The number of hydrogen-bond acceptors (Lipinski definition) is 5. The van der Waals surface area contributed by atoms with Gasteiger partial charge in [-0.1, -0.05) is 0 Å². The van der Waals surface area contributed by atoms with E-state index in [0.29, 0.717) is 17.4 Å². The normalized spacial score (nSPS) is 20.1. The van der Waals surface area contributed by atoms with Crippen molar-refractivity contribution in [3.05, 3.63) is 53.4 Å². The Hall–Kier alpha value is -3.48. The number of halogens is 6. The zero-order chi connectivity index (χ0) is 28.4. The molecule has 1 saturated carbocycles. The van der Waals surface area contributed by atoms with Crippen molar-refractivity contribution in [3.8, 4) is 0 Å². The number of nitrogens with one attached hydrogen (secondary N) is 1. The number of carbonyl (C=O) groups excluding carboxylic acids is 2. The lowest BCUT2D eigenvalue weighted by molar-refractivity contribution is -0.183. The molecule has 3 aliphatic rings. The Kier molecular flexibility index (Phi) is 7.37. The maximum atomic E-state index is 15.0. The summed E-state index contributed by atoms with van der Waals surface area (Å²) in [6, 6.07) is 3.12. The average Bonchev–Trinajstić information content (AvgIpc) is 3.24. The van der Waals surface area contributed by atoms with E-state index < -0.39 is 42.2 Å². The fraction of sp³-hybridized carbons (Fsp3) is 0.481. The van der Waals surface area contributed by atoms with Crippen LogP contribution in [0.4, 0.5) is 27.8 Å². The van der Waals surface area contributed by atoms with Gasteiger partial charge in [-0.2, -0.15) is 18.3 Å². The highest BCUT2D eigenvalue weighted by Gasteiger charge is 2.48. The highest BCUT2D eigenvalue weighted by Crippen LogP contribution is 2.38. The molecule has 0 bridgehead atoms. The molecule has 0 unspecified atom stereocenters. The fourth-order valence-corrected chi connectivity index (χ4v) is 5.54. The van der Waals surface area contributed by atoms with Crippen LogP contribution >= 0.6 is 12.4 Å². The monoisotopic (exact) mass is 598 g/mol. The fourth-order valence-electron chi connectivity index (χ4n) is 5.54. The summed E-state index contributed by atoms with van der Waals surface area (Å²) in [6.45, 7) is 1.85. The predicted octanol–water partition coefficient (Wildman–Crippen LogP) is 4.89. The van der Waals surface area contributed by atoms with Crippen LogP contribution in [-0.4, -0.2) is 73.8 Å². The van der Waals surface area contributed by atoms with Crippen LogP contribution < -0.4 is 5.32 Å². The first kappa shape index (κ1) is 29.0. The summed E-state index contributed by atoms with van der Waals surface area (Å²) in [5, 5.41) is 7.67. The minimum absolute atomic E-state index is 0. The molecule has 3 fully saturated rings. The molecule has 1 aromatic carbocycles. The van der Waals surface area contributed by atoms with E-state index in [1.807, 2.05) is 0 Å². The standard InChI is InChI=1S/C27H27F5N6O2.ClH/c1-26(5-6-26)34-21-9-15(4-7-33-21)25(40)36-12-16(13-36)24-23-18(29)10-17(28)11-19(23)38(35-24)14-22(39)37-8-2-3-20(37)27(30,31)32;/h4,7,9-11,16,20H,2-3,5-6,8,12-14H2,1H3,(H,33,34);1H/t20-;/m0./s1. The Labute approximate surface area is 238 Å². The Morgan fingerprint density at radius 2 is 1.88 bits per heavy atom. The minimum Gasteiger partial charge on any atom is -0.365 e. The van der Waals surface area contributed by atoms with Crippen LogP contribution in [0.15, 0.2) is 30.5 Å². The number of hydrogen-bond donors (Lipinski definition) is 1. The van der Waals surface area contributed by atoms with Gasteiger partial charge in [0.25, 0.3) is 5.91 Å². The van der Waals surface area contributed by atoms with Crippen molar-refractivity contribution >= 4 is 40.9 Å². The molecule has 2 aliphatic heterocycles. The first-order valence-corrected chi connectivity index (χ1v) is 13.2. The summed E-state index contributed by atoms with van der Waals surface area (Å²) >= 11 is 0. The van der Waals surface area contributed by atoms with Crippen LogP contribution in [0.1, 0.15) is 54.6 Å². The lowest BCUT2D eigenvalue weighted by atomic mass is 9.93. The van der Waals surface area contributed by atoms with Crippen molar-refractivity contribution < 1.29 is 31.5 Å². The summed E-state index contributed by atoms with van der Waals surface area (Å²) in [5.74, 6) is -2.64. The highest BCUT2D eigenvalue weighted by atomic mass is 35.5. The quantitative estimate of drug-likeness (QED) is 0.409. The molecule has 1 N–H and O–H groups in total. The number of likely N-dealkylation sites (tertiary alicyclic amines) is 2. The molecule has 2 aromatic heterocycles. The maximum Gasteiger partial charge on any atom is 0.408 e. The number of carbonyl (C=O) groups is 2. The number of amides is 2. The topological polar surface area (TPSA) is 83.4 Å². The summed E-state index contributed by atoms with van der Waals surface area (Å²) in [6.07, 6.45) is -0.944. The number of pyridine rings is 1. The van der Waals surface area contributed by atoms with E-state index in [4.69, 9.17) is 0 Å². The van der Waals surface area contributed by atoms with Crippen molar-refractivity contribution in [1.29, 1.82) is 0 Å². The van der Waals surface area contributed by atoms with E-state index in [1.165, 1.54) is 0 Å². The number of alkyl halides is 3. The second kappa shape index (κ2) is 10.4. The van der Waals surface area contributed by atoms with E-state index in [9.17, 15) is 31.5 Å². The molecule has 1 atom stereocenters. The second-order valence-corrected chi connectivity index (χ2v) is 11.1. The number of fused-ring (bicyclic) bond motifs is 1. The van der Waals surface area contributed by atoms with Crippen LogP contribution in [0.25, 0.3) is 10.9 Å². The third-order valence-corrected chi connectivity index (χ3v) is 8.03. The van der Waals surface area contributed by atoms with Gasteiger partial charge in [-0.05, 0) is 44.7 Å². The first-order valence-electron chi connectivity index (χ1n) is 13.2. The number of anilines is 1. The molecule has 2 amide bonds. The average molecular weight is 599 g/mol. The Morgan fingerprint density at radius 3 is 2.56 bits per heavy atom. The molecule has 220 valence electrons. The lowest BCUT2D eigenvalue weighted by Crippen LogP contribution is -2.48. The minimum atomic E-state index is -4.56. The summed E-state index contributed by atoms with van der Waals surface area (Å²) in [5.41, 5.74) is 0.645. The maximum absolute atomic E-state index is 15.0. The van der Waals surface area contributed by atoms with Crippen LogP contribution in [0, 0.1) is 11.6 Å². The molecule has 8 nitrogen and oxygen atoms in total. The molecule has 41 heavy (non-hydrogen) atoms. The number of nitrogens with zero attached hydrogens (tertiary/aromatic N) is 5. The molecule has 2 saturated heterocycles. The molecular weight excluding hydrogens is 571 g/mol. The number of rotatable bonds is 6. The van der Waals surface area contributed by atoms with E-state index >= 15 is 0 Å². The molecular formula is C27H28ClF5N6O2. The second-order valence-electron chi connectivity index (χ2n) is 11.1. The largest absolute Gasteiger partial charge is 0.408 e. The molecule has 0 spiro atoms. The third kappa shape index (κ3) is 5.55. The number of benzene rings is 1. The summed E-state index contributed by atoms with van der Waals surface area (Å²) in [7, 11) is 0. The zero-order valence-electron chi connectivity index (χ0n) is 22.0. The highest BCUT2D eigenvalue weighted by molar-refractivity contribution is 5.96. The van der Waals surface area contributed by atoms with Gasteiger partial charge in [0, 0.05) is 55.0 Å². The van der Waals surface area contributed by atoms with Gasteiger partial charge in [-0.15, -0.1) is 12.4 Å². The predicted molar refractivity (Wildman–Crippen MR) is 142 cm³/mol. The SMILES string of the molecule is CC1(Nc2cc(C(=O)N3CC(c4nn(CC(=O)N5CCC[C@H]5C(F)(F)F)c5cc(F)cc(F)c45)C3)ccn2)CC1.Cl. The van der Waals surface area contributed by atoms with Crippen LogP contribution in [-0.2, 0) is 11.3 Å². The van der Waals surface area contributed by atoms with Gasteiger partial charge in [0.05, 0.1) is 16.6 Å². The number of aromatic nitrogens is 3. The van der Waals surface area contributed by atoms with Gasteiger partial charge in [0.1, 0.15) is 30.0 Å². The van der Waals surface area contributed by atoms with Crippen molar-refractivity contribution in [2.24, 2.45) is 0 Å². The lowest BCUT2D eigenvalue weighted by Gasteiger charge is -2.38. The summed E-state index contributed by atoms with van der Waals surface area (Å²) in [4.78, 5) is 32.6. The Morgan fingerprint density at radius 1 is 1.15 bits per heavy atom. The van der Waals surface area contributed by atoms with Crippen molar-refractivity contribution in [2.75, 3.05) is 25.0 Å². The van der Waals surface area contributed by atoms with Crippen LogP contribution in [0.2, 0.25) is 0 Å². The van der Waals surface area contributed by atoms with Gasteiger partial charge in [0.15, 0.2) is 0 Å². The first-order chi connectivity index (χ1) is 18.9.